The van der Waals surface area contributed by atoms with Gasteiger partial charge in [-0.05, 0) is 18.2 Å². The molecule has 2 N–H and O–H groups in total. The molecule has 2 aromatic rings. The molecule has 114 valence electrons. The van der Waals surface area contributed by atoms with Gasteiger partial charge in [-0.2, -0.15) is 26.3 Å². The third-order valence-electron chi connectivity index (χ3n) is 2.27. The fourth-order valence-electron chi connectivity index (χ4n) is 1.40. The van der Waals surface area contributed by atoms with Crippen molar-refractivity contribution in [2.24, 2.45) is 0 Å². The first kappa shape index (κ1) is 15.4. The number of nitrogen functional groups attached to an aromatic ring is 1. The van der Waals surface area contributed by atoms with Crippen LogP contribution in [-0.4, -0.2) is 4.98 Å². The molecule has 0 unspecified atom stereocenters. The van der Waals surface area contributed by atoms with Crippen LogP contribution in [0.15, 0.2) is 24.4 Å². The molecule has 0 saturated carbocycles. The van der Waals surface area contributed by atoms with E-state index < -0.39 is 29.2 Å². The van der Waals surface area contributed by atoms with Gasteiger partial charge in [0.2, 0.25) is 0 Å². The van der Waals surface area contributed by atoms with E-state index in [0.29, 0.717) is 12.1 Å². The Morgan fingerprint density at radius 1 is 0.952 bits per heavy atom. The molecule has 1 aromatic carbocycles. The molecule has 0 aliphatic carbocycles. The summed E-state index contributed by atoms with van der Waals surface area (Å²) in [5.74, 6) is -0.619. The highest BCUT2D eigenvalue weighted by atomic mass is 32.1. The van der Waals surface area contributed by atoms with Crippen molar-refractivity contribution >= 4 is 16.3 Å². The lowest BCUT2D eigenvalue weighted by atomic mass is 10.1. The minimum atomic E-state index is -4.93. The summed E-state index contributed by atoms with van der Waals surface area (Å²) in [7, 11) is 0. The van der Waals surface area contributed by atoms with Crippen LogP contribution in [0.2, 0.25) is 0 Å². The van der Waals surface area contributed by atoms with E-state index in [1.165, 1.54) is 6.20 Å². The SMILES string of the molecule is Nc1cnc(Oc2cc(C(F)(F)F)cc(C(F)(F)F)c2)s1. The number of ether oxygens (including phenoxy) is 1. The molecule has 1 aromatic heterocycles. The zero-order chi connectivity index (χ0) is 15.8. The van der Waals surface area contributed by atoms with E-state index in [-0.39, 0.29) is 16.3 Å². The number of halogens is 6. The number of rotatable bonds is 2. The molecular weight excluding hydrogens is 322 g/mol. The average molecular weight is 328 g/mol. The molecule has 0 atom stereocenters. The van der Waals surface area contributed by atoms with Gasteiger partial charge in [0, 0.05) is 0 Å². The Balaban J connectivity index is 2.45. The first-order valence-electron chi connectivity index (χ1n) is 5.24. The van der Waals surface area contributed by atoms with Gasteiger partial charge in [-0.1, -0.05) is 11.3 Å². The quantitative estimate of drug-likeness (QED) is 0.823. The van der Waals surface area contributed by atoms with Gasteiger partial charge >= 0.3 is 12.4 Å². The Bertz CT molecular complexity index is 617. The minimum absolute atomic E-state index is 0.0169. The van der Waals surface area contributed by atoms with E-state index in [4.69, 9.17) is 10.5 Å². The number of nitrogens with two attached hydrogens (primary N) is 1. The second-order valence-corrected chi connectivity index (χ2v) is 4.90. The molecule has 1 heterocycles. The fourth-order valence-corrected chi connectivity index (χ4v) is 1.95. The average Bonchev–Trinajstić information content (AvgIpc) is 2.72. The van der Waals surface area contributed by atoms with Gasteiger partial charge in [-0.25, -0.2) is 4.98 Å². The topological polar surface area (TPSA) is 48.1 Å². The molecule has 2 rings (SSSR count). The van der Waals surface area contributed by atoms with Gasteiger partial charge in [0.05, 0.1) is 17.3 Å². The molecule has 0 saturated heterocycles. The lowest BCUT2D eigenvalue weighted by Gasteiger charge is -2.13. The van der Waals surface area contributed by atoms with Gasteiger partial charge in [-0.15, -0.1) is 0 Å². The molecule has 10 heteroatoms. The Morgan fingerprint density at radius 3 is 1.86 bits per heavy atom. The summed E-state index contributed by atoms with van der Waals surface area (Å²) >= 11 is 0.791. The van der Waals surface area contributed by atoms with Gasteiger partial charge in [0.1, 0.15) is 10.8 Å². The molecule has 0 fully saturated rings. The van der Waals surface area contributed by atoms with E-state index in [1.807, 2.05) is 0 Å². The maximum Gasteiger partial charge on any atom is 0.416 e. The summed E-state index contributed by atoms with van der Waals surface area (Å²) in [6, 6.07) is 0.947. The third-order valence-corrected chi connectivity index (χ3v) is 2.97. The van der Waals surface area contributed by atoms with Gasteiger partial charge in [-0.3, -0.25) is 0 Å². The molecule has 3 nitrogen and oxygen atoms in total. The van der Waals surface area contributed by atoms with E-state index in [0.717, 1.165) is 11.3 Å². The number of nitrogens with zero attached hydrogens (tertiary/aromatic N) is 1. The predicted molar refractivity (Wildman–Crippen MR) is 63.0 cm³/mol. The molecular formula is C11H6F6N2OS. The van der Waals surface area contributed by atoms with E-state index >= 15 is 0 Å². The number of hydrogen-bond acceptors (Lipinski definition) is 4. The van der Waals surface area contributed by atoms with Crippen LogP contribution in [-0.2, 0) is 12.4 Å². The molecule has 0 bridgehead atoms. The standard InChI is InChI=1S/C11H6F6N2OS/c12-10(13,14)5-1-6(11(15,16)17)3-7(2-5)20-9-19-4-8(18)21-9/h1-4H,18H2. The number of benzene rings is 1. The van der Waals surface area contributed by atoms with Crippen LogP contribution in [0.1, 0.15) is 11.1 Å². The summed E-state index contributed by atoms with van der Waals surface area (Å²) < 4.78 is 80.6. The zero-order valence-corrected chi connectivity index (χ0v) is 10.7. The number of alkyl halides is 6. The molecule has 0 radical (unpaired) electrons. The second-order valence-electron chi connectivity index (χ2n) is 3.87. The molecule has 0 aliphatic rings. The van der Waals surface area contributed by atoms with E-state index in [9.17, 15) is 26.3 Å². The maximum atomic E-state index is 12.6. The van der Waals surface area contributed by atoms with Gasteiger partial charge < -0.3 is 10.5 Å². The number of thiazole rings is 1. The van der Waals surface area contributed by atoms with Crippen LogP contribution in [0.5, 0.6) is 10.9 Å². The molecule has 0 aliphatic heterocycles. The highest BCUT2D eigenvalue weighted by Gasteiger charge is 2.37. The van der Waals surface area contributed by atoms with Crippen molar-refractivity contribution in [2.45, 2.75) is 12.4 Å². The molecule has 21 heavy (non-hydrogen) atoms. The predicted octanol–water partition coefficient (Wildman–Crippen LogP) is 4.56. The summed E-state index contributed by atoms with van der Waals surface area (Å²) in [5.41, 5.74) is 2.42. The Kier molecular flexibility index (Phi) is 3.74. The smallest absolute Gasteiger partial charge is 0.416 e. The van der Waals surface area contributed by atoms with Crippen LogP contribution < -0.4 is 10.5 Å². The fraction of sp³-hybridized carbons (Fsp3) is 0.182. The molecule has 0 spiro atoms. The van der Waals surface area contributed by atoms with Crippen molar-refractivity contribution < 1.29 is 31.1 Å². The van der Waals surface area contributed by atoms with E-state index in [2.05, 4.69) is 4.98 Å². The van der Waals surface area contributed by atoms with Gasteiger partial charge in [0.15, 0.2) is 0 Å². The normalized spacial score (nSPS) is 12.5. The Hall–Kier alpha value is -1.97. The van der Waals surface area contributed by atoms with Crippen molar-refractivity contribution in [1.82, 2.24) is 4.98 Å². The number of anilines is 1. The number of aromatic nitrogens is 1. The largest absolute Gasteiger partial charge is 0.431 e. The van der Waals surface area contributed by atoms with Gasteiger partial charge in [0.25, 0.3) is 5.19 Å². The summed E-state index contributed by atoms with van der Waals surface area (Å²) in [6.07, 6.45) is -8.68. The lowest BCUT2D eigenvalue weighted by Crippen LogP contribution is -2.10. The maximum absolute atomic E-state index is 12.6. The van der Waals surface area contributed by atoms with Crippen molar-refractivity contribution in [2.75, 3.05) is 5.73 Å². The van der Waals surface area contributed by atoms with Crippen molar-refractivity contribution in [3.63, 3.8) is 0 Å². The number of hydrogen-bond donors (Lipinski definition) is 1. The third kappa shape index (κ3) is 3.78. The summed E-state index contributed by atoms with van der Waals surface area (Å²) in [5, 5.41) is 0.0629. The molecule has 0 amide bonds. The van der Waals surface area contributed by atoms with Crippen LogP contribution in [0.3, 0.4) is 0 Å². The van der Waals surface area contributed by atoms with Crippen LogP contribution in [0.4, 0.5) is 31.3 Å². The minimum Gasteiger partial charge on any atom is -0.431 e. The van der Waals surface area contributed by atoms with Crippen molar-refractivity contribution in [3.05, 3.63) is 35.5 Å². The van der Waals surface area contributed by atoms with Crippen LogP contribution >= 0.6 is 11.3 Å². The van der Waals surface area contributed by atoms with Crippen molar-refractivity contribution in [1.29, 1.82) is 0 Å². The van der Waals surface area contributed by atoms with Crippen molar-refractivity contribution in [3.8, 4) is 10.9 Å². The van der Waals surface area contributed by atoms with Crippen LogP contribution in [0.25, 0.3) is 0 Å². The monoisotopic (exact) mass is 328 g/mol. The first-order valence-corrected chi connectivity index (χ1v) is 6.06. The van der Waals surface area contributed by atoms with Crippen LogP contribution in [0, 0.1) is 0 Å². The zero-order valence-electron chi connectivity index (χ0n) is 9.92. The summed E-state index contributed by atoms with van der Waals surface area (Å²) in [6.45, 7) is 0. The Morgan fingerprint density at radius 2 is 1.48 bits per heavy atom. The summed E-state index contributed by atoms with van der Waals surface area (Å²) in [4.78, 5) is 3.60. The lowest BCUT2D eigenvalue weighted by molar-refractivity contribution is -0.143. The van der Waals surface area contributed by atoms with E-state index in [1.54, 1.807) is 0 Å². The highest BCUT2D eigenvalue weighted by molar-refractivity contribution is 7.17. The Labute approximate surface area is 118 Å². The highest BCUT2D eigenvalue weighted by Crippen LogP contribution is 2.39. The second kappa shape index (κ2) is 5.10. The first-order chi connectivity index (χ1) is 9.55.